The van der Waals surface area contributed by atoms with E-state index >= 15 is 0 Å². The van der Waals surface area contributed by atoms with Gasteiger partial charge in [-0.1, -0.05) is 31.1 Å². The Labute approximate surface area is 145 Å². The summed E-state index contributed by atoms with van der Waals surface area (Å²) in [5.41, 5.74) is 5.32. The first kappa shape index (κ1) is 14.9. The number of H-pyrrole nitrogens is 1. The normalized spacial score (nSPS) is 27.5. The molecule has 0 saturated carbocycles. The van der Waals surface area contributed by atoms with Gasteiger partial charge in [-0.05, 0) is 37.3 Å². The van der Waals surface area contributed by atoms with Crippen molar-refractivity contribution in [3.63, 3.8) is 0 Å². The molecule has 3 atom stereocenters. The molecular weight excluding hydrogens is 317 g/mol. The molecular formula is C20H20FN3O. The molecule has 128 valence electrons. The summed E-state index contributed by atoms with van der Waals surface area (Å²) in [5.74, 6) is 1.62. The zero-order valence-corrected chi connectivity index (χ0v) is 14.3. The Morgan fingerprint density at radius 1 is 1.36 bits per heavy atom. The highest BCUT2D eigenvalue weighted by Crippen LogP contribution is 2.54. The van der Waals surface area contributed by atoms with Crippen LogP contribution < -0.4 is 0 Å². The number of rotatable bonds is 1. The van der Waals surface area contributed by atoms with Crippen molar-refractivity contribution in [3.05, 3.63) is 58.9 Å². The van der Waals surface area contributed by atoms with Crippen LogP contribution in [0.4, 0.5) is 4.39 Å². The van der Waals surface area contributed by atoms with Crippen LogP contribution in [-0.4, -0.2) is 15.4 Å². The van der Waals surface area contributed by atoms with E-state index in [2.05, 4.69) is 24.1 Å². The molecule has 0 unspecified atom stereocenters. The Morgan fingerprint density at radius 2 is 2.24 bits per heavy atom. The van der Waals surface area contributed by atoms with Gasteiger partial charge < -0.3 is 4.52 Å². The number of hydrogen-bond donors (Lipinski definition) is 1. The van der Waals surface area contributed by atoms with E-state index < -0.39 is 0 Å². The van der Waals surface area contributed by atoms with Crippen molar-refractivity contribution < 1.29 is 8.91 Å². The molecule has 0 spiro atoms. The fourth-order valence-corrected chi connectivity index (χ4v) is 5.13. The highest BCUT2D eigenvalue weighted by atomic mass is 19.1. The van der Waals surface area contributed by atoms with Gasteiger partial charge in [0.2, 0.25) is 0 Å². The van der Waals surface area contributed by atoms with Gasteiger partial charge in [0.15, 0.2) is 0 Å². The summed E-state index contributed by atoms with van der Waals surface area (Å²) >= 11 is 0. The molecule has 4 nitrogen and oxygen atoms in total. The number of aromatic amines is 1. The molecule has 0 radical (unpaired) electrons. The molecule has 2 heterocycles. The lowest BCUT2D eigenvalue weighted by molar-refractivity contribution is 0.173. The maximum absolute atomic E-state index is 13.7. The zero-order valence-electron chi connectivity index (χ0n) is 14.3. The van der Waals surface area contributed by atoms with Gasteiger partial charge in [-0.15, -0.1) is 0 Å². The second-order valence-corrected chi connectivity index (χ2v) is 7.68. The van der Waals surface area contributed by atoms with Crippen LogP contribution in [0.2, 0.25) is 0 Å². The van der Waals surface area contributed by atoms with E-state index in [1.165, 1.54) is 17.2 Å². The minimum absolute atomic E-state index is 0.0480. The Morgan fingerprint density at radius 3 is 3.08 bits per heavy atom. The third-order valence-electron chi connectivity index (χ3n) is 6.30. The lowest BCUT2D eigenvalue weighted by Crippen LogP contribution is -2.44. The number of halogens is 1. The average molecular weight is 337 g/mol. The monoisotopic (exact) mass is 337 g/mol. The van der Waals surface area contributed by atoms with Crippen LogP contribution in [-0.2, 0) is 18.3 Å². The summed E-state index contributed by atoms with van der Waals surface area (Å²) in [6.07, 6.45) is 4.77. The molecule has 1 N–H and O–H groups in total. The van der Waals surface area contributed by atoms with Crippen molar-refractivity contribution in [2.75, 3.05) is 0 Å². The van der Waals surface area contributed by atoms with Gasteiger partial charge in [0.1, 0.15) is 11.6 Å². The molecule has 5 rings (SSSR count). The number of nitrogens with zero attached hydrogens (tertiary/aromatic N) is 2. The van der Waals surface area contributed by atoms with Crippen molar-refractivity contribution in [1.82, 2.24) is 15.4 Å². The molecule has 3 aromatic rings. The predicted molar refractivity (Wildman–Crippen MR) is 91.8 cm³/mol. The first-order chi connectivity index (χ1) is 12.1. The van der Waals surface area contributed by atoms with E-state index in [9.17, 15) is 4.39 Å². The molecule has 0 aliphatic heterocycles. The van der Waals surface area contributed by atoms with Crippen LogP contribution in [0.25, 0.3) is 11.3 Å². The smallest absolute Gasteiger partial charge is 0.143 e. The first-order valence-corrected chi connectivity index (χ1v) is 8.85. The minimum Gasteiger partial charge on any atom is -0.361 e. The van der Waals surface area contributed by atoms with Gasteiger partial charge >= 0.3 is 0 Å². The van der Waals surface area contributed by atoms with Crippen molar-refractivity contribution in [3.8, 4) is 11.3 Å². The van der Waals surface area contributed by atoms with Gasteiger partial charge in [-0.3, -0.25) is 5.10 Å². The molecule has 2 aromatic heterocycles. The van der Waals surface area contributed by atoms with Gasteiger partial charge in [-0.25, -0.2) is 4.39 Å². The molecule has 25 heavy (non-hydrogen) atoms. The van der Waals surface area contributed by atoms with E-state index in [4.69, 9.17) is 9.62 Å². The quantitative estimate of drug-likeness (QED) is 0.717. The molecule has 2 aliphatic rings. The van der Waals surface area contributed by atoms with Crippen LogP contribution in [0.15, 0.2) is 35.0 Å². The fourth-order valence-electron chi connectivity index (χ4n) is 5.13. The molecule has 0 amide bonds. The van der Waals surface area contributed by atoms with E-state index in [1.807, 2.05) is 12.3 Å². The Balaban J connectivity index is 1.64. The summed E-state index contributed by atoms with van der Waals surface area (Å²) < 4.78 is 19.2. The topological polar surface area (TPSA) is 54.7 Å². The second kappa shape index (κ2) is 5.04. The molecule has 1 aromatic carbocycles. The predicted octanol–water partition coefficient (Wildman–Crippen LogP) is 4.38. The van der Waals surface area contributed by atoms with Gasteiger partial charge in [-0.2, -0.15) is 5.10 Å². The highest BCUT2D eigenvalue weighted by Gasteiger charge is 2.50. The second-order valence-electron chi connectivity index (χ2n) is 7.68. The average Bonchev–Trinajstić information content (AvgIpc) is 3.21. The summed E-state index contributed by atoms with van der Waals surface area (Å²) in [5, 5.41) is 11.9. The maximum atomic E-state index is 13.7. The summed E-state index contributed by atoms with van der Waals surface area (Å²) in [6, 6.07) is 6.73. The Kier molecular flexibility index (Phi) is 3.00. The van der Waals surface area contributed by atoms with Crippen molar-refractivity contribution in [2.45, 2.75) is 44.4 Å². The highest BCUT2D eigenvalue weighted by molar-refractivity contribution is 5.65. The summed E-state index contributed by atoms with van der Waals surface area (Å²) in [7, 11) is 0. The third-order valence-corrected chi connectivity index (χ3v) is 6.30. The lowest BCUT2D eigenvalue weighted by Gasteiger charge is -2.46. The van der Waals surface area contributed by atoms with Gasteiger partial charge in [0.05, 0.1) is 17.6 Å². The Bertz CT molecular complexity index is 960. The summed E-state index contributed by atoms with van der Waals surface area (Å²) in [4.78, 5) is 0. The Hall–Kier alpha value is -2.43. The van der Waals surface area contributed by atoms with Gasteiger partial charge in [0.25, 0.3) is 0 Å². The van der Waals surface area contributed by atoms with Crippen LogP contribution in [0.1, 0.15) is 48.8 Å². The van der Waals surface area contributed by atoms with Crippen LogP contribution in [0.5, 0.6) is 0 Å². The van der Waals surface area contributed by atoms with E-state index in [1.54, 1.807) is 12.1 Å². The number of benzene rings is 1. The van der Waals surface area contributed by atoms with Crippen LogP contribution >= 0.6 is 0 Å². The molecule has 0 saturated heterocycles. The maximum Gasteiger partial charge on any atom is 0.143 e. The van der Waals surface area contributed by atoms with Crippen LogP contribution in [0, 0.1) is 11.7 Å². The van der Waals surface area contributed by atoms with E-state index in [0.29, 0.717) is 11.8 Å². The molecule has 2 aliphatic carbocycles. The summed E-state index contributed by atoms with van der Waals surface area (Å²) in [6.45, 7) is 4.54. The lowest BCUT2D eigenvalue weighted by atomic mass is 9.56. The number of fused-ring (bicyclic) bond motifs is 4. The first-order valence-electron chi connectivity index (χ1n) is 8.85. The van der Waals surface area contributed by atoms with Crippen molar-refractivity contribution in [1.29, 1.82) is 0 Å². The third kappa shape index (κ3) is 1.98. The van der Waals surface area contributed by atoms with Gasteiger partial charge in [0, 0.05) is 28.0 Å². The van der Waals surface area contributed by atoms with E-state index in [-0.39, 0.29) is 11.2 Å². The largest absolute Gasteiger partial charge is 0.361 e. The zero-order chi connectivity index (χ0) is 17.2. The fraction of sp³-hybridized carbons (Fsp3) is 0.400. The molecule has 0 bridgehead atoms. The molecule has 0 fully saturated rings. The number of aromatic nitrogens is 3. The SMILES string of the molecule is C[C@H]1c2oncc2C[C@@]2(C)c3n[nH]c(-c4cccc(F)c4)c3CC[C@H]12. The van der Waals surface area contributed by atoms with Crippen molar-refractivity contribution >= 4 is 0 Å². The van der Waals surface area contributed by atoms with Crippen LogP contribution in [0.3, 0.4) is 0 Å². The number of nitrogens with one attached hydrogen (secondary N) is 1. The molecule has 5 heteroatoms. The van der Waals surface area contributed by atoms with Crippen molar-refractivity contribution in [2.24, 2.45) is 5.92 Å². The minimum atomic E-state index is -0.221. The number of hydrogen-bond acceptors (Lipinski definition) is 3. The standard InChI is InChI=1S/C20H20FN3O/c1-11-16-7-6-15-17(12-4-3-5-14(21)8-12)23-24-19(15)20(16,2)9-13-10-22-25-18(11)13/h3-5,8,10-11,16H,6-7,9H2,1-2H3,(H,23,24)/t11-,16-,20-/m1/s1. The van der Waals surface area contributed by atoms with E-state index in [0.717, 1.165) is 42.0 Å².